The number of hydrogen-bond acceptors (Lipinski definition) is 8. The van der Waals surface area contributed by atoms with Gasteiger partial charge in [-0.3, -0.25) is 0 Å². The third-order valence-corrected chi connectivity index (χ3v) is 6.16. The number of nitrogens with one attached hydrogen (secondary N) is 2. The van der Waals surface area contributed by atoms with Crippen molar-refractivity contribution >= 4 is 55.7 Å². The molecule has 0 amide bonds. The van der Waals surface area contributed by atoms with Gasteiger partial charge in [0.2, 0.25) is 15.2 Å². The van der Waals surface area contributed by atoms with Crippen molar-refractivity contribution in [2.75, 3.05) is 23.9 Å². The van der Waals surface area contributed by atoms with Crippen LogP contribution in [0.4, 0.5) is 19.6 Å². The highest BCUT2D eigenvalue weighted by Crippen LogP contribution is 2.30. The van der Waals surface area contributed by atoms with Crippen LogP contribution in [0.2, 0.25) is 0 Å². The molecule has 25 heavy (non-hydrogen) atoms. The Hall–Kier alpha value is -0.950. The number of hydrogen-bond donors (Lipinski definition) is 2. The van der Waals surface area contributed by atoms with Gasteiger partial charge in [-0.15, -0.1) is 10.2 Å². The molecule has 6 nitrogen and oxygen atoms in total. The smallest absolute Gasteiger partial charge is 0.288 e. The van der Waals surface area contributed by atoms with Gasteiger partial charge in [-0.2, -0.15) is 8.78 Å². The number of benzene rings is 1. The number of alkyl halides is 2. The molecule has 0 radical (unpaired) electrons. The van der Waals surface area contributed by atoms with Gasteiger partial charge in [0.25, 0.3) is 5.76 Å². The second kappa shape index (κ2) is 9.67. The highest BCUT2D eigenvalue weighted by Gasteiger charge is 2.07. The van der Waals surface area contributed by atoms with Crippen LogP contribution in [0.3, 0.4) is 0 Å². The molecule has 0 unspecified atom stereocenters. The Kier molecular flexibility index (Phi) is 7.87. The van der Waals surface area contributed by atoms with Crippen LogP contribution >= 0.6 is 34.9 Å². The summed E-state index contributed by atoms with van der Waals surface area (Å²) < 4.78 is 49.6. The van der Waals surface area contributed by atoms with E-state index in [1.165, 1.54) is 23.1 Å². The van der Waals surface area contributed by atoms with E-state index in [9.17, 15) is 17.2 Å². The maximum Gasteiger partial charge on any atom is 0.288 e. The fraction of sp³-hybridized carbons (Fsp3) is 0.385. The van der Waals surface area contributed by atoms with Gasteiger partial charge in [0.05, 0.1) is 6.26 Å². The molecule has 0 atom stereocenters. The molecular weight excluding hydrogens is 410 g/mol. The minimum absolute atomic E-state index is 0.388. The van der Waals surface area contributed by atoms with Gasteiger partial charge in [0, 0.05) is 22.9 Å². The molecule has 0 aliphatic rings. The molecule has 0 bridgehead atoms. The quantitative estimate of drug-likeness (QED) is 0.443. The Bertz CT molecular complexity index is 769. The highest BCUT2D eigenvalue weighted by atomic mass is 32.2. The minimum atomic E-state index is -3.15. The van der Waals surface area contributed by atoms with Gasteiger partial charge < -0.3 is 5.32 Å². The first-order valence-electron chi connectivity index (χ1n) is 7.05. The Morgan fingerprint density at radius 3 is 2.60 bits per heavy atom. The lowest BCUT2D eigenvalue weighted by molar-refractivity contribution is 0.252. The average Bonchev–Trinajstić information content (AvgIpc) is 2.95. The van der Waals surface area contributed by atoms with E-state index < -0.39 is 15.8 Å². The maximum absolute atomic E-state index is 12.3. The number of rotatable bonds is 10. The normalized spacial score (nSPS) is 11.8. The number of thioether (sulfide) groups is 2. The number of nitrogens with zero attached hydrogens (tertiary/aromatic N) is 2. The molecule has 2 aromatic rings. The molecule has 2 rings (SSSR count). The summed E-state index contributed by atoms with van der Waals surface area (Å²) in [7, 11) is -3.15. The largest absolute Gasteiger partial charge is 0.330 e. The molecule has 2 N–H and O–H groups in total. The summed E-state index contributed by atoms with van der Waals surface area (Å²) in [6.07, 6.45) is 1.81. The molecule has 0 spiro atoms. The molecule has 0 aliphatic carbocycles. The first-order chi connectivity index (χ1) is 11.8. The molecule has 138 valence electrons. The molecule has 0 saturated carbocycles. The number of anilines is 2. The van der Waals surface area contributed by atoms with Crippen molar-refractivity contribution in [2.45, 2.75) is 21.4 Å². The molecule has 1 heterocycles. The van der Waals surface area contributed by atoms with Crippen LogP contribution in [0.5, 0.6) is 0 Å². The molecule has 0 fully saturated rings. The molecule has 0 aliphatic heterocycles. The second-order valence-electron chi connectivity index (χ2n) is 4.77. The van der Waals surface area contributed by atoms with E-state index in [4.69, 9.17) is 0 Å². The van der Waals surface area contributed by atoms with Crippen LogP contribution in [0.1, 0.15) is 6.42 Å². The van der Waals surface area contributed by atoms with Crippen LogP contribution in [-0.2, 0) is 10.0 Å². The zero-order chi connectivity index (χ0) is 18.3. The van der Waals surface area contributed by atoms with E-state index in [2.05, 4.69) is 20.2 Å². The van der Waals surface area contributed by atoms with E-state index in [-0.39, 0.29) is 0 Å². The fourth-order valence-corrected chi connectivity index (χ4v) is 4.45. The number of sulfonamides is 1. The first-order valence-corrected chi connectivity index (χ1v) is 11.6. The maximum atomic E-state index is 12.3. The van der Waals surface area contributed by atoms with Gasteiger partial charge >= 0.3 is 0 Å². The van der Waals surface area contributed by atoms with Crippen molar-refractivity contribution in [1.29, 1.82) is 0 Å². The predicted octanol–water partition coefficient (Wildman–Crippen LogP) is 3.63. The molecule has 1 aromatic carbocycles. The van der Waals surface area contributed by atoms with Crippen molar-refractivity contribution in [3.8, 4) is 0 Å². The van der Waals surface area contributed by atoms with E-state index in [1.807, 2.05) is 0 Å². The van der Waals surface area contributed by atoms with Crippen LogP contribution in [0.15, 0.2) is 33.5 Å². The van der Waals surface area contributed by atoms with E-state index >= 15 is 0 Å². The minimum Gasteiger partial charge on any atom is -0.330 e. The zero-order valence-electron chi connectivity index (χ0n) is 13.1. The summed E-state index contributed by atoms with van der Waals surface area (Å²) in [6.45, 7) is 0.388. The van der Waals surface area contributed by atoms with Crippen LogP contribution in [-0.4, -0.2) is 42.9 Å². The summed E-state index contributed by atoms with van der Waals surface area (Å²) >= 11 is 3.37. The monoisotopic (exact) mass is 426 g/mol. The van der Waals surface area contributed by atoms with Gasteiger partial charge in [0.15, 0.2) is 4.34 Å². The Morgan fingerprint density at radius 1 is 1.24 bits per heavy atom. The van der Waals surface area contributed by atoms with Crippen LogP contribution < -0.4 is 10.0 Å². The Morgan fingerprint density at radius 2 is 1.96 bits per heavy atom. The Labute approximate surface area is 157 Å². The molecule has 0 saturated heterocycles. The van der Waals surface area contributed by atoms with Gasteiger partial charge in [-0.1, -0.05) is 34.9 Å². The SMILES string of the molecule is CS(=O)(=O)NCCCSc1nnc(Nc2ccc(SC(F)F)cc2)s1. The summed E-state index contributed by atoms with van der Waals surface area (Å²) in [5, 5.41) is 11.7. The van der Waals surface area contributed by atoms with Gasteiger partial charge in [-0.05, 0) is 30.7 Å². The van der Waals surface area contributed by atoms with E-state index in [0.29, 0.717) is 34.8 Å². The second-order valence-corrected chi connectivity index (χ2v) is 9.99. The van der Waals surface area contributed by atoms with Gasteiger partial charge in [-0.25, -0.2) is 13.1 Å². The van der Waals surface area contributed by atoms with Crippen molar-refractivity contribution in [2.24, 2.45) is 0 Å². The Balaban J connectivity index is 1.77. The first kappa shape index (κ1) is 20.4. The summed E-state index contributed by atoms with van der Waals surface area (Å²) in [4.78, 5) is 0.497. The average molecular weight is 427 g/mol. The standard InChI is InChI=1S/C13H16F2N4O2S4/c1-25(20,21)16-7-2-8-22-13-19-18-12(24-13)17-9-3-5-10(6-4-9)23-11(14)15/h3-6,11,16H,2,7-8H2,1H3,(H,17,18). The van der Waals surface area contributed by atoms with Crippen molar-refractivity contribution < 1.29 is 17.2 Å². The van der Waals surface area contributed by atoms with Crippen LogP contribution in [0.25, 0.3) is 0 Å². The number of halogens is 2. The summed E-state index contributed by atoms with van der Waals surface area (Å²) in [5.41, 5.74) is 0.740. The topological polar surface area (TPSA) is 84.0 Å². The van der Waals surface area contributed by atoms with E-state index in [0.717, 1.165) is 22.0 Å². The molecule has 12 heteroatoms. The third kappa shape index (κ3) is 8.31. The predicted molar refractivity (Wildman–Crippen MR) is 99.7 cm³/mol. The van der Waals surface area contributed by atoms with Crippen LogP contribution in [0, 0.1) is 0 Å². The summed E-state index contributed by atoms with van der Waals surface area (Å²) in [5.74, 6) is -1.72. The van der Waals surface area contributed by atoms with Crippen molar-refractivity contribution in [3.05, 3.63) is 24.3 Å². The number of aromatic nitrogens is 2. The lowest BCUT2D eigenvalue weighted by Gasteiger charge is -2.03. The van der Waals surface area contributed by atoms with Crippen molar-refractivity contribution in [3.63, 3.8) is 0 Å². The van der Waals surface area contributed by atoms with E-state index in [1.54, 1.807) is 24.3 Å². The molecular formula is C13H16F2N4O2S4. The van der Waals surface area contributed by atoms with Gasteiger partial charge in [0.1, 0.15) is 0 Å². The lowest BCUT2D eigenvalue weighted by Crippen LogP contribution is -2.23. The molecule has 1 aromatic heterocycles. The highest BCUT2D eigenvalue weighted by molar-refractivity contribution is 8.01. The summed E-state index contributed by atoms with van der Waals surface area (Å²) in [6, 6.07) is 6.64. The fourth-order valence-electron chi connectivity index (χ4n) is 1.65. The van der Waals surface area contributed by atoms with Crippen molar-refractivity contribution in [1.82, 2.24) is 14.9 Å². The lowest BCUT2D eigenvalue weighted by atomic mass is 10.3. The zero-order valence-corrected chi connectivity index (χ0v) is 16.4. The third-order valence-electron chi connectivity index (χ3n) is 2.65.